The summed E-state index contributed by atoms with van der Waals surface area (Å²) < 4.78 is 2.17. The Morgan fingerprint density at radius 3 is 2.71 bits per heavy atom. The predicted molar refractivity (Wildman–Crippen MR) is 69.4 cm³/mol. The van der Waals surface area contributed by atoms with Gasteiger partial charge < -0.3 is 9.88 Å². The standard InChI is InChI=1S/C12H11Cl2N3/c13-9-3-1-8(2-4-9)12-16-11(14)10-7-15-5-6-17(10)12/h1-4,15H,5-7H2. The molecule has 3 rings (SSSR count). The van der Waals surface area contributed by atoms with E-state index in [4.69, 9.17) is 23.2 Å². The molecule has 2 aromatic rings. The van der Waals surface area contributed by atoms with Gasteiger partial charge in [-0.2, -0.15) is 0 Å². The van der Waals surface area contributed by atoms with Gasteiger partial charge in [0.25, 0.3) is 0 Å². The van der Waals surface area contributed by atoms with Crippen molar-refractivity contribution in [3.05, 3.63) is 40.1 Å². The molecule has 0 saturated carbocycles. The van der Waals surface area contributed by atoms with Crippen molar-refractivity contribution in [3.8, 4) is 11.4 Å². The summed E-state index contributed by atoms with van der Waals surface area (Å²) in [5.74, 6) is 0.920. The highest BCUT2D eigenvalue weighted by Crippen LogP contribution is 2.27. The average Bonchev–Trinajstić information content (AvgIpc) is 2.69. The molecule has 1 aromatic carbocycles. The molecule has 0 bridgehead atoms. The number of benzene rings is 1. The van der Waals surface area contributed by atoms with Crippen molar-refractivity contribution < 1.29 is 0 Å². The molecule has 0 amide bonds. The number of hydrogen-bond acceptors (Lipinski definition) is 2. The summed E-state index contributed by atoms with van der Waals surface area (Å²) >= 11 is 12.0. The lowest BCUT2D eigenvalue weighted by molar-refractivity contribution is 0.520. The molecular weight excluding hydrogens is 257 g/mol. The van der Waals surface area contributed by atoms with E-state index in [-0.39, 0.29) is 0 Å². The maximum atomic E-state index is 6.15. The third kappa shape index (κ3) is 1.95. The van der Waals surface area contributed by atoms with Crippen LogP contribution in [0.15, 0.2) is 24.3 Å². The van der Waals surface area contributed by atoms with Crippen LogP contribution in [-0.4, -0.2) is 16.1 Å². The number of hydrogen-bond donors (Lipinski definition) is 1. The van der Waals surface area contributed by atoms with Crippen molar-refractivity contribution in [1.29, 1.82) is 0 Å². The lowest BCUT2D eigenvalue weighted by atomic mass is 10.2. The fourth-order valence-electron chi connectivity index (χ4n) is 2.08. The maximum absolute atomic E-state index is 6.15. The third-order valence-electron chi connectivity index (χ3n) is 2.93. The molecule has 0 atom stereocenters. The van der Waals surface area contributed by atoms with Crippen LogP contribution in [0.3, 0.4) is 0 Å². The van der Waals surface area contributed by atoms with Crippen molar-refractivity contribution in [3.63, 3.8) is 0 Å². The van der Waals surface area contributed by atoms with Crippen LogP contribution in [0.2, 0.25) is 10.2 Å². The van der Waals surface area contributed by atoms with Gasteiger partial charge in [-0.3, -0.25) is 0 Å². The van der Waals surface area contributed by atoms with E-state index in [2.05, 4.69) is 14.9 Å². The summed E-state index contributed by atoms with van der Waals surface area (Å²) in [5, 5.41) is 4.60. The van der Waals surface area contributed by atoms with Crippen molar-refractivity contribution in [2.75, 3.05) is 6.54 Å². The van der Waals surface area contributed by atoms with Gasteiger partial charge in [-0.25, -0.2) is 4.98 Å². The van der Waals surface area contributed by atoms with Gasteiger partial charge in [0.1, 0.15) is 5.82 Å². The van der Waals surface area contributed by atoms with Gasteiger partial charge >= 0.3 is 0 Å². The molecule has 1 aliphatic rings. The quantitative estimate of drug-likeness (QED) is 0.861. The molecule has 0 spiro atoms. The molecule has 1 aliphatic heterocycles. The average molecular weight is 268 g/mol. The van der Waals surface area contributed by atoms with Crippen LogP contribution in [0.25, 0.3) is 11.4 Å². The lowest BCUT2D eigenvalue weighted by Gasteiger charge is -2.17. The van der Waals surface area contributed by atoms with Gasteiger partial charge in [0, 0.05) is 30.2 Å². The minimum Gasteiger partial charge on any atom is -0.324 e. The van der Waals surface area contributed by atoms with Gasteiger partial charge in [-0.15, -0.1) is 0 Å². The lowest BCUT2D eigenvalue weighted by Crippen LogP contribution is -2.28. The van der Waals surface area contributed by atoms with Crippen LogP contribution in [-0.2, 0) is 13.1 Å². The first-order valence-corrected chi connectivity index (χ1v) is 6.23. The highest BCUT2D eigenvalue weighted by Gasteiger charge is 2.19. The normalized spacial score (nSPS) is 14.7. The van der Waals surface area contributed by atoms with E-state index in [1.54, 1.807) is 0 Å². The number of aromatic nitrogens is 2. The zero-order valence-corrected chi connectivity index (χ0v) is 10.6. The smallest absolute Gasteiger partial charge is 0.152 e. The molecule has 0 fully saturated rings. The predicted octanol–water partition coefficient (Wildman–Crippen LogP) is 2.96. The molecule has 1 N–H and O–H groups in total. The van der Waals surface area contributed by atoms with Crippen molar-refractivity contribution >= 4 is 23.2 Å². The van der Waals surface area contributed by atoms with Crippen molar-refractivity contribution in [2.45, 2.75) is 13.1 Å². The Balaban J connectivity index is 2.11. The monoisotopic (exact) mass is 267 g/mol. The number of rotatable bonds is 1. The van der Waals surface area contributed by atoms with E-state index in [1.165, 1.54) is 0 Å². The summed E-state index contributed by atoms with van der Waals surface area (Å²) in [4.78, 5) is 4.44. The zero-order valence-electron chi connectivity index (χ0n) is 9.08. The Bertz CT molecular complexity index is 546. The van der Waals surface area contributed by atoms with E-state index in [1.807, 2.05) is 24.3 Å². The van der Waals surface area contributed by atoms with Crippen LogP contribution >= 0.6 is 23.2 Å². The minimum absolute atomic E-state index is 0.585. The number of fused-ring (bicyclic) bond motifs is 1. The Morgan fingerprint density at radius 1 is 1.18 bits per heavy atom. The first-order valence-electron chi connectivity index (χ1n) is 5.47. The largest absolute Gasteiger partial charge is 0.324 e. The van der Waals surface area contributed by atoms with E-state index < -0.39 is 0 Å². The zero-order chi connectivity index (χ0) is 11.8. The SMILES string of the molecule is Clc1ccc(-c2nc(Cl)c3n2CCNC3)cc1. The molecule has 2 heterocycles. The first kappa shape index (κ1) is 11.1. The Hall–Kier alpha value is -1.03. The Morgan fingerprint density at radius 2 is 1.94 bits per heavy atom. The number of nitrogens with zero attached hydrogens (tertiary/aromatic N) is 2. The molecule has 5 heteroatoms. The number of imidazole rings is 1. The van der Waals surface area contributed by atoms with E-state index in [0.717, 1.165) is 41.7 Å². The second kappa shape index (κ2) is 4.33. The van der Waals surface area contributed by atoms with Crippen molar-refractivity contribution in [1.82, 2.24) is 14.9 Å². The van der Waals surface area contributed by atoms with Crippen LogP contribution in [0.1, 0.15) is 5.69 Å². The first-order chi connectivity index (χ1) is 8.25. The Kier molecular flexibility index (Phi) is 2.82. The molecule has 0 unspecified atom stereocenters. The molecule has 17 heavy (non-hydrogen) atoms. The molecule has 1 aromatic heterocycles. The highest BCUT2D eigenvalue weighted by atomic mass is 35.5. The summed E-state index contributed by atoms with van der Waals surface area (Å²) in [7, 11) is 0. The van der Waals surface area contributed by atoms with Crippen LogP contribution in [0.5, 0.6) is 0 Å². The van der Waals surface area contributed by atoms with E-state index >= 15 is 0 Å². The molecule has 0 aliphatic carbocycles. The number of nitrogens with one attached hydrogen (secondary N) is 1. The van der Waals surface area contributed by atoms with Gasteiger partial charge in [-0.1, -0.05) is 23.2 Å². The van der Waals surface area contributed by atoms with Gasteiger partial charge in [0.2, 0.25) is 0 Å². The van der Waals surface area contributed by atoms with Crippen molar-refractivity contribution in [2.24, 2.45) is 0 Å². The van der Waals surface area contributed by atoms with Gasteiger partial charge in [-0.05, 0) is 24.3 Å². The second-order valence-electron chi connectivity index (χ2n) is 4.01. The van der Waals surface area contributed by atoms with Crippen LogP contribution < -0.4 is 5.32 Å². The fraction of sp³-hybridized carbons (Fsp3) is 0.250. The van der Waals surface area contributed by atoms with Gasteiger partial charge in [0.05, 0.1) is 5.69 Å². The molecule has 3 nitrogen and oxygen atoms in total. The van der Waals surface area contributed by atoms with Gasteiger partial charge in [0.15, 0.2) is 5.15 Å². The summed E-state index contributed by atoms with van der Waals surface area (Å²) in [5.41, 5.74) is 2.10. The molecular formula is C12H11Cl2N3. The van der Waals surface area contributed by atoms with E-state index in [0.29, 0.717) is 5.15 Å². The second-order valence-corrected chi connectivity index (χ2v) is 4.80. The summed E-state index contributed by atoms with van der Waals surface area (Å²) in [6.45, 7) is 2.62. The summed E-state index contributed by atoms with van der Waals surface area (Å²) in [6, 6.07) is 7.67. The van der Waals surface area contributed by atoms with Crippen LogP contribution in [0, 0.1) is 0 Å². The maximum Gasteiger partial charge on any atom is 0.152 e. The van der Waals surface area contributed by atoms with E-state index in [9.17, 15) is 0 Å². The fourth-order valence-corrected chi connectivity index (χ4v) is 2.46. The molecule has 0 radical (unpaired) electrons. The topological polar surface area (TPSA) is 29.9 Å². The minimum atomic E-state index is 0.585. The Labute approximate surface area is 109 Å². The molecule has 0 saturated heterocycles. The summed E-state index contributed by atoms with van der Waals surface area (Å²) in [6.07, 6.45) is 0. The third-order valence-corrected chi connectivity index (χ3v) is 3.49. The number of halogens is 2. The highest BCUT2D eigenvalue weighted by molar-refractivity contribution is 6.30. The molecule has 88 valence electrons. The van der Waals surface area contributed by atoms with Crippen LogP contribution in [0.4, 0.5) is 0 Å².